The number of ether oxygens (including phenoxy) is 3. The molecule has 11 nitrogen and oxygen atoms in total. The largest absolute Gasteiger partial charge is 0.493 e. The number of carbonyl (C=O) groups is 2. The van der Waals surface area contributed by atoms with Gasteiger partial charge in [0.25, 0.3) is 11.2 Å². The number of allylic oxidation sites excluding steroid dienone is 1. The number of esters is 2. The summed E-state index contributed by atoms with van der Waals surface area (Å²) in [6.45, 7) is 4.71. The van der Waals surface area contributed by atoms with E-state index in [0.29, 0.717) is 21.6 Å². The summed E-state index contributed by atoms with van der Waals surface area (Å²) in [7, 11) is 1.41. The summed E-state index contributed by atoms with van der Waals surface area (Å²) in [5, 5.41) is 11.2. The van der Waals surface area contributed by atoms with Gasteiger partial charge in [0.1, 0.15) is 0 Å². The fourth-order valence-electron chi connectivity index (χ4n) is 4.08. The van der Waals surface area contributed by atoms with Gasteiger partial charge in [0, 0.05) is 19.1 Å². The van der Waals surface area contributed by atoms with Crippen molar-refractivity contribution in [2.75, 3.05) is 13.7 Å². The number of methoxy groups -OCH3 is 1. The van der Waals surface area contributed by atoms with Crippen molar-refractivity contribution < 1.29 is 28.7 Å². The number of carbonyl (C=O) groups excluding carboxylic acids is 2. The summed E-state index contributed by atoms with van der Waals surface area (Å²) in [5.74, 6) is -0.752. The first-order chi connectivity index (χ1) is 18.1. The molecule has 0 spiro atoms. The zero-order valence-electron chi connectivity index (χ0n) is 20.9. The van der Waals surface area contributed by atoms with Crippen LogP contribution >= 0.6 is 11.3 Å². The minimum Gasteiger partial charge on any atom is -0.493 e. The molecule has 0 unspecified atom stereocenters. The lowest BCUT2D eigenvalue weighted by atomic mass is 9.95. The first-order valence-electron chi connectivity index (χ1n) is 11.4. The van der Waals surface area contributed by atoms with Gasteiger partial charge < -0.3 is 14.2 Å². The summed E-state index contributed by atoms with van der Waals surface area (Å²) in [6.07, 6.45) is 1.54. The van der Waals surface area contributed by atoms with Gasteiger partial charge in [0.05, 0.1) is 40.5 Å². The summed E-state index contributed by atoms with van der Waals surface area (Å²) in [4.78, 5) is 53.8. The molecule has 1 aliphatic rings. The number of hydrogen-bond donors (Lipinski definition) is 0. The third-order valence-electron chi connectivity index (χ3n) is 5.65. The quantitative estimate of drug-likeness (QED) is 0.194. The molecule has 0 amide bonds. The van der Waals surface area contributed by atoms with Crippen LogP contribution < -0.4 is 24.4 Å². The molecule has 2 heterocycles. The number of nitro benzene ring substituents is 1. The zero-order chi connectivity index (χ0) is 27.6. The Kier molecular flexibility index (Phi) is 7.53. The lowest BCUT2D eigenvalue weighted by Crippen LogP contribution is -2.40. The molecule has 4 rings (SSSR count). The van der Waals surface area contributed by atoms with Crippen molar-refractivity contribution in [3.8, 4) is 11.5 Å². The number of aromatic nitrogens is 1. The lowest BCUT2D eigenvalue weighted by Gasteiger charge is -2.25. The molecule has 0 radical (unpaired) electrons. The number of benzene rings is 2. The number of hydrogen-bond acceptors (Lipinski definition) is 10. The van der Waals surface area contributed by atoms with Crippen LogP contribution in [0.5, 0.6) is 11.5 Å². The monoisotopic (exact) mass is 537 g/mol. The summed E-state index contributed by atoms with van der Waals surface area (Å²) in [5.41, 5.74) is 0.961. The molecule has 0 fully saturated rings. The topological polar surface area (TPSA) is 139 Å². The Labute approximate surface area is 220 Å². The first kappa shape index (κ1) is 26.5. The highest BCUT2D eigenvalue weighted by Crippen LogP contribution is 2.36. The van der Waals surface area contributed by atoms with Gasteiger partial charge in [0.15, 0.2) is 16.3 Å². The molecule has 196 valence electrons. The van der Waals surface area contributed by atoms with E-state index in [2.05, 4.69) is 4.99 Å². The van der Waals surface area contributed by atoms with Crippen molar-refractivity contribution in [1.82, 2.24) is 4.57 Å². The third kappa shape index (κ3) is 5.11. The Morgan fingerprint density at radius 3 is 2.63 bits per heavy atom. The fourth-order valence-corrected chi connectivity index (χ4v) is 5.13. The number of nitrogens with zero attached hydrogens (tertiary/aromatic N) is 3. The number of thiazole rings is 1. The maximum Gasteiger partial charge on any atom is 0.338 e. The predicted octanol–water partition coefficient (Wildman–Crippen LogP) is 2.64. The van der Waals surface area contributed by atoms with Crippen LogP contribution in [0.4, 0.5) is 5.69 Å². The molecular weight excluding hydrogens is 514 g/mol. The molecule has 38 heavy (non-hydrogen) atoms. The highest BCUT2D eigenvalue weighted by molar-refractivity contribution is 7.07. The highest BCUT2D eigenvalue weighted by atomic mass is 32.1. The zero-order valence-corrected chi connectivity index (χ0v) is 21.7. The number of nitro groups is 1. The van der Waals surface area contributed by atoms with Gasteiger partial charge in [-0.3, -0.25) is 24.3 Å². The Morgan fingerprint density at radius 1 is 1.21 bits per heavy atom. The Bertz CT molecular complexity index is 1670. The SMILES string of the molecule is CCOC(=O)C1=C(C)N=c2s/c(=C/c3cccc([N+](=O)[O-])c3)c(=O)n2[C@H]1c1ccc(OC(C)=O)c(OC)c1. The van der Waals surface area contributed by atoms with E-state index in [1.165, 1.54) is 42.9 Å². The van der Waals surface area contributed by atoms with E-state index in [4.69, 9.17) is 14.2 Å². The third-order valence-corrected chi connectivity index (χ3v) is 6.64. The van der Waals surface area contributed by atoms with E-state index in [9.17, 15) is 24.5 Å². The van der Waals surface area contributed by atoms with Crippen LogP contribution in [0.15, 0.2) is 63.5 Å². The second kappa shape index (κ2) is 10.8. The molecule has 0 N–H and O–H groups in total. The maximum absolute atomic E-state index is 13.7. The molecule has 12 heteroatoms. The Morgan fingerprint density at radius 2 is 1.97 bits per heavy atom. The molecule has 0 saturated heterocycles. The van der Waals surface area contributed by atoms with Gasteiger partial charge >= 0.3 is 11.9 Å². The number of fused-ring (bicyclic) bond motifs is 1. The molecule has 0 aliphatic carbocycles. The van der Waals surface area contributed by atoms with Crippen LogP contribution in [0.2, 0.25) is 0 Å². The van der Waals surface area contributed by atoms with E-state index in [-0.39, 0.29) is 33.9 Å². The highest BCUT2D eigenvalue weighted by Gasteiger charge is 2.34. The lowest BCUT2D eigenvalue weighted by molar-refractivity contribution is -0.384. The average Bonchev–Trinajstić information content (AvgIpc) is 3.17. The Balaban J connectivity index is 1.95. The van der Waals surface area contributed by atoms with Gasteiger partial charge in [-0.25, -0.2) is 9.79 Å². The molecular formula is C26H23N3O8S. The maximum atomic E-state index is 13.7. The molecule has 2 aromatic carbocycles. The smallest absolute Gasteiger partial charge is 0.338 e. The van der Waals surface area contributed by atoms with Crippen molar-refractivity contribution in [2.45, 2.75) is 26.8 Å². The molecule has 1 aromatic heterocycles. The van der Waals surface area contributed by atoms with Crippen molar-refractivity contribution in [3.63, 3.8) is 0 Å². The van der Waals surface area contributed by atoms with Crippen LogP contribution in [0.3, 0.4) is 0 Å². The van der Waals surface area contributed by atoms with Gasteiger partial charge in [0.2, 0.25) is 0 Å². The van der Waals surface area contributed by atoms with Gasteiger partial charge in [-0.05, 0) is 43.2 Å². The molecule has 0 saturated carbocycles. The standard InChI is InChI=1S/C26H23N3O8S/c1-5-36-25(32)22-14(2)27-26-28(23(22)17-9-10-19(37-15(3)30)20(13-17)35-4)24(31)21(38-26)12-16-7-6-8-18(11-16)29(33)34/h6-13,23H,5H2,1-4H3/b21-12+/t23-/m0/s1. The van der Waals surface area contributed by atoms with E-state index in [1.54, 1.807) is 38.1 Å². The first-order valence-corrected chi connectivity index (χ1v) is 12.3. The number of non-ortho nitro benzene ring substituents is 1. The molecule has 3 aromatic rings. The van der Waals surface area contributed by atoms with Crippen molar-refractivity contribution in [2.24, 2.45) is 4.99 Å². The van der Waals surface area contributed by atoms with Crippen LogP contribution in [0.1, 0.15) is 37.9 Å². The normalized spacial score (nSPS) is 14.9. The summed E-state index contributed by atoms with van der Waals surface area (Å²) < 4.78 is 17.5. The van der Waals surface area contributed by atoms with E-state index in [0.717, 1.165) is 11.3 Å². The van der Waals surface area contributed by atoms with Gasteiger partial charge in [-0.2, -0.15) is 0 Å². The second-order valence-electron chi connectivity index (χ2n) is 8.16. The van der Waals surface area contributed by atoms with Gasteiger partial charge in [-0.1, -0.05) is 29.5 Å². The molecule has 0 bridgehead atoms. The van der Waals surface area contributed by atoms with Crippen LogP contribution in [0.25, 0.3) is 6.08 Å². The fraction of sp³-hybridized carbons (Fsp3) is 0.231. The molecule has 1 atom stereocenters. The average molecular weight is 538 g/mol. The van der Waals surface area contributed by atoms with Crippen LogP contribution in [0, 0.1) is 10.1 Å². The number of rotatable bonds is 7. The van der Waals surface area contributed by atoms with Crippen LogP contribution in [-0.4, -0.2) is 35.1 Å². The van der Waals surface area contributed by atoms with Gasteiger partial charge in [-0.15, -0.1) is 0 Å². The van der Waals surface area contributed by atoms with Crippen molar-refractivity contribution >= 4 is 35.0 Å². The Hall–Kier alpha value is -4.58. The second-order valence-corrected chi connectivity index (χ2v) is 9.17. The predicted molar refractivity (Wildman–Crippen MR) is 138 cm³/mol. The van der Waals surface area contributed by atoms with E-state index < -0.39 is 28.5 Å². The van der Waals surface area contributed by atoms with E-state index in [1.807, 2.05) is 0 Å². The minimum atomic E-state index is -0.919. The summed E-state index contributed by atoms with van der Waals surface area (Å²) >= 11 is 1.09. The van der Waals surface area contributed by atoms with Crippen LogP contribution in [-0.2, 0) is 14.3 Å². The van der Waals surface area contributed by atoms with Crippen molar-refractivity contribution in [1.29, 1.82) is 0 Å². The van der Waals surface area contributed by atoms with E-state index >= 15 is 0 Å². The molecule has 1 aliphatic heterocycles. The summed E-state index contributed by atoms with van der Waals surface area (Å²) in [6, 6.07) is 9.72. The minimum absolute atomic E-state index is 0.107. The van der Waals surface area contributed by atoms with Crippen molar-refractivity contribution in [3.05, 3.63) is 94.7 Å².